The van der Waals surface area contributed by atoms with Crippen LogP contribution in [0, 0.1) is 0 Å². The van der Waals surface area contributed by atoms with Crippen molar-refractivity contribution in [2.45, 2.75) is 25.3 Å². The summed E-state index contributed by atoms with van der Waals surface area (Å²) in [4.78, 5) is 0. The van der Waals surface area contributed by atoms with E-state index in [1.165, 1.54) is 5.56 Å². The molecule has 1 aliphatic rings. The molecule has 2 heterocycles. The van der Waals surface area contributed by atoms with Crippen LogP contribution >= 0.6 is 11.6 Å². The van der Waals surface area contributed by atoms with Crippen LogP contribution in [0.2, 0.25) is 5.02 Å². The van der Waals surface area contributed by atoms with Crippen LogP contribution in [-0.2, 0) is 6.42 Å². The Morgan fingerprint density at radius 2 is 2.06 bits per heavy atom. The van der Waals surface area contributed by atoms with E-state index in [0.717, 1.165) is 30.0 Å². The molecule has 2 aromatic rings. The normalized spacial score (nSPS) is 19.0. The Labute approximate surface area is 104 Å². The van der Waals surface area contributed by atoms with Crippen molar-refractivity contribution >= 4 is 17.4 Å². The number of rotatable bonds is 1. The first-order valence-corrected chi connectivity index (χ1v) is 6.08. The highest BCUT2D eigenvalue weighted by Crippen LogP contribution is 2.31. The van der Waals surface area contributed by atoms with Crippen molar-refractivity contribution in [1.82, 2.24) is 15.0 Å². The van der Waals surface area contributed by atoms with Crippen molar-refractivity contribution in [2.75, 3.05) is 5.73 Å². The van der Waals surface area contributed by atoms with E-state index in [-0.39, 0.29) is 6.04 Å². The molecule has 0 spiro atoms. The van der Waals surface area contributed by atoms with Crippen molar-refractivity contribution in [3.05, 3.63) is 40.5 Å². The zero-order valence-electron chi connectivity index (χ0n) is 9.31. The molecule has 0 aliphatic carbocycles. The van der Waals surface area contributed by atoms with Gasteiger partial charge in [-0.1, -0.05) is 28.9 Å². The van der Waals surface area contributed by atoms with Crippen LogP contribution in [0.25, 0.3) is 0 Å². The molecule has 1 unspecified atom stereocenters. The summed E-state index contributed by atoms with van der Waals surface area (Å²) in [5.74, 6) is 0.559. The minimum Gasteiger partial charge on any atom is -0.381 e. The van der Waals surface area contributed by atoms with Gasteiger partial charge in [0.25, 0.3) is 0 Å². The Bertz CT molecular complexity index is 532. The average Bonchev–Trinajstić information content (AvgIpc) is 2.73. The Kier molecular flexibility index (Phi) is 2.52. The minimum absolute atomic E-state index is 0.237. The first-order valence-electron chi connectivity index (χ1n) is 5.70. The molecule has 0 saturated heterocycles. The molecule has 1 aromatic heterocycles. The quantitative estimate of drug-likeness (QED) is 0.843. The first kappa shape index (κ1) is 10.6. The van der Waals surface area contributed by atoms with E-state index in [1.54, 1.807) is 0 Å². The van der Waals surface area contributed by atoms with Gasteiger partial charge in [0.1, 0.15) is 0 Å². The third-order valence-corrected chi connectivity index (χ3v) is 3.51. The fraction of sp³-hybridized carbons (Fsp3) is 0.333. The highest BCUT2D eigenvalue weighted by molar-refractivity contribution is 6.30. The van der Waals surface area contributed by atoms with E-state index < -0.39 is 0 Å². The summed E-state index contributed by atoms with van der Waals surface area (Å²) in [7, 11) is 0. The highest BCUT2D eigenvalue weighted by atomic mass is 35.5. The minimum atomic E-state index is 0.237. The van der Waals surface area contributed by atoms with Gasteiger partial charge >= 0.3 is 0 Å². The molecule has 0 radical (unpaired) electrons. The molecule has 17 heavy (non-hydrogen) atoms. The third-order valence-electron chi connectivity index (χ3n) is 3.26. The maximum Gasteiger partial charge on any atom is 0.169 e. The third kappa shape index (κ3) is 1.78. The number of nitrogen functional groups attached to an aromatic ring is 1. The number of benzene rings is 1. The Balaban J connectivity index is 2.02. The van der Waals surface area contributed by atoms with Gasteiger partial charge in [0.2, 0.25) is 0 Å². The smallest absolute Gasteiger partial charge is 0.169 e. The van der Waals surface area contributed by atoms with Crippen molar-refractivity contribution in [1.29, 1.82) is 0 Å². The summed E-state index contributed by atoms with van der Waals surface area (Å²) in [5.41, 5.74) is 8.07. The summed E-state index contributed by atoms with van der Waals surface area (Å²) < 4.78 is 1.95. The fourth-order valence-corrected chi connectivity index (χ4v) is 2.52. The number of halogens is 1. The molecular formula is C12H13ClN4. The number of anilines is 1. The predicted molar refractivity (Wildman–Crippen MR) is 67.0 cm³/mol. The van der Waals surface area contributed by atoms with Crippen molar-refractivity contribution in [2.24, 2.45) is 0 Å². The zero-order valence-corrected chi connectivity index (χ0v) is 10.1. The SMILES string of the molecule is Nc1nnn2c1CCCC2c1ccc(Cl)cc1. The molecule has 5 heteroatoms. The maximum absolute atomic E-state index is 5.90. The summed E-state index contributed by atoms with van der Waals surface area (Å²) in [6, 6.07) is 8.14. The number of hydrogen-bond donors (Lipinski definition) is 1. The number of aromatic nitrogens is 3. The summed E-state index contributed by atoms with van der Waals surface area (Å²) in [6.07, 6.45) is 3.14. The monoisotopic (exact) mass is 248 g/mol. The van der Waals surface area contributed by atoms with Gasteiger partial charge < -0.3 is 5.73 Å². The fourth-order valence-electron chi connectivity index (χ4n) is 2.40. The number of hydrogen-bond acceptors (Lipinski definition) is 3. The van der Waals surface area contributed by atoms with Crippen molar-refractivity contribution in [3.63, 3.8) is 0 Å². The van der Waals surface area contributed by atoms with E-state index in [0.29, 0.717) is 5.82 Å². The van der Waals surface area contributed by atoms with Gasteiger partial charge in [-0.2, -0.15) is 0 Å². The van der Waals surface area contributed by atoms with E-state index in [1.807, 2.05) is 28.9 Å². The highest BCUT2D eigenvalue weighted by Gasteiger charge is 2.24. The maximum atomic E-state index is 5.90. The van der Waals surface area contributed by atoms with Crippen LogP contribution in [0.3, 0.4) is 0 Å². The second kappa shape index (κ2) is 4.04. The molecule has 0 bridgehead atoms. The standard InChI is InChI=1S/C12H13ClN4/c13-9-6-4-8(5-7-9)10-2-1-3-11-12(14)15-16-17(10)11/h4-7,10H,1-3,14H2. The van der Waals surface area contributed by atoms with Crippen LogP contribution in [-0.4, -0.2) is 15.0 Å². The summed E-state index contributed by atoms with van der Waals surface area (Å²) >= 11 is 5.90. The van der Waals surface area contributed by atoms with E-state index in [4.69, 9.17) is 17.3 Å². The lowest BCUT2D eigenvalue weighted by molar-refractivity contribution is 0.409. The second-order valence-corrected chi connectivity index (χ2v) is 4.76. The van der Waals surface area contributed by atoms with Crippen LogP contribution < -0.4 is 5.73 Å². The molecular weight excluding hydrogens is 236 g/mol. The van der Waals surface area contributed by atoms with Gasteiger partial charge in [0.15, 0.2) is 5.82 Å². The van der Waals surface area contributed by atoms with Gasteiger partial charge in [-0.15, -0.1) is 5.10 Å². The first-order chi connectivity index (χ1) is 8.25. The van der Waals surface area contributed by atoms with Crippen LogP contribution in [0.4, 0.5) is 5.82 Å². The molecule has 0 saturated carbocycles. The molecule has 2 N–H and O–H groups in total. The molecule has 0 fully saturated rings. The van der Waals surface area contributed by atoms with Crippen molar-refractivity contribution < 1.29 is 0 Å². The number of nitrogens with zero attached hydrogens (tertiary/aromatic N) is 3. The summed E-state index contributed by atoms with van der Waals surface area (Å²) in [6.45, 7) is 0. The Morgan fingerprint density at radius 3 is 2.82 bits per heavy atom. The molecule has 88 valence electrons. The topological polar surface area (TPSA) is 56.7 Å². The average molecular weight is 249 g/mol. The molecule has 0 amide bonds. The predicted octanol–water partition coefficient (Wildman–Crippen LogP) is 2.44. The Hall–Kier alpha value is -1.55. The molecule has 3 rings (SSSR count). The lowest BCUT2D eigenvalue weighted by atomic mass is 9.96. The van der Waals surface area contributed by atoms with Crippen LogP contribution in [0.5, 0.6) is 0 Å². The lowest BCUT2D eigenvalue weighted by Crippen LogP contribution is -2.20. The second-order valence-electron chi connectivity index (χ2n) is 4.33. The van der Waals surface area contributed by atoms with Crippen LogP contribution in [0.1, 0.15) is 30.1 Å². The van der Waals surface area contributed by atoms with E-state index >= 15 is 0 Å². The molecule has 1 atom stereocenters. The van der Waals surface area contributed by atoms with Gasteiger partial charge in [-0.25, -0.2) is 4.68 Å². The van der Waals surface area contributed by atoms with Gasteiger partial charge in [0, 0.05) is 5.02 Å². The van der Waals surface area contributed by atoms with Crippen molar-refractivity contribution in [3.8, 4) is 0 Å². The molecule has 1 aliphatic heterocycles. The molecule has 4 nitrogen and oxygen atoms in total. The molecule has 1 aromatic carbocycles. The van der Waals surface area contributed by atoms with E-state index in [2.05, 4.69) is 10.3 Å². The number of nitrogens with two attached hydrogens (primary N) is 1. The van der Waals surface area contributed by atoms with Gasteiger partial charge in [-0.05, 0) is 37.0 Å². The number of fused-ring (bicyclic) bond motifs is 1. The lowest BCUT2D eigenvalue weighted by Gasteiger charge is -2.24. The zero-order chi connectivity index (χ0) is 11.8. The largest absolute Gasteiger partial charge is 0.381 e. The van der Waals surface area contributed by atoms with Gasteiger partial charge in [-0.3, -0.25) is 0 Å². The van der Waals surface area contributed by atoms with Crippen LogP contribution in [0.15, 0.2) is 24.3 Å². The van der Waals surface area contributed by atoms with E-state index in [9.17, 15) is 0 Å². The summed E-state index contributed by atoms with van der Waals surface area (Å²) in [5, 5.41) is 8.85. The Morgan fingerprint density at radius 1 is 1.29 bits per heavy atom. The van der Waals surface area contributed by atoms with Gasteiger partial charge in [0.05, 0.1) is 11.7 Å².